The fourth-order valence-electron chi connectivity index (χ4n) is 2.25. The Hall–Kier alpha value is -2.36. The first-order chi connectivity index (χ1) is 9.51. The quantitative estimate of drug-likeness (QED) is 0.754. The zero-order chi connectivity index (χ0) is 14.9. The Morgan fingerprint density at radius 3 is 1.80 bits per heavy atom. The molecule has 0 unspecified atom stereocenters. The molecule has 98 valence electrons. The van der Waals surface area contributed by atoms with Crippen molar-refractivity contribution < 1.29 is 4.57 Å². The van der Waals surface area contributed by atoms with Gasteiger partial charge in [-0.25, -0.2) is 4.57 Å². The van der Waals surface area contributed by atoms with Crippen molar-refractivity contribution in [2.45, 2.75) is 13.8 Å². The van der Waals surface area contributed by atoms with Crippen LogP contribution in [0.1, 0.15) is 22.5 Å². The van der Waals surface area contributed by atoms with Crippen LogP contribution in [0.15, 0.2) is 24.3 Å². The van der Waals surface area contributed by atoms with Crippen molar-refractivity contribution in [2.75, 3.05) is 0 Å². The van der Waals surface area contributed by atoms with Gasteiger partial charge in [-0.3, -0.25) is 0 Å². The Kier molecular flexibility index (Phi) is 3.74. The summed E-state index contributed by atoms with van der Waals surface area (Å²) in [7, 11) is 1.86. The molecule has 0 spiro atoms. The number of nitriles is 2. The van der Waals surface area contributed by atoms with E-state index < -0.39 is 0 Å². The molecule has 0 saturated heterocycles. The molecule has 20 heavy (non-hydrogen) atoms. The van der Waals surface area contributed by atoms with E-state index in [4.69, 9.17) is 11.6 Å². The van der Waals surface area contributed by atoms with Gasteiger partial charge in [0, 0.05) is 24.4 Å². The van der Waals surface area contributed by atoms with E-state index in [9.17, 15) is 10.5 Å². The maximum absolute atomic E-state index is 9.45. The lowest BCUT2D eigenvalue weighted by molar-refractivity contribution is -0.684. The Balaban J connectivity index is 2.91. The van der Waals surface area contributed by atoms with Crippen molar-refractivity contribution in [3.05, 3.63) is 51.8 Å². The molecule has 2 rings (SSSR count). The average Bonchev–Trinajstić information content (AvgIpc) is 2.45. The zero-order valence-electron chi connectivity index (χ0n) is 11.5. The van der Waals surface area contributed by atoms with E-state index in [-0.39, 0.29) is 0 Å². The standard InChI is InChI=1S/C16H13ClN3/c1-10-14(8-18)16(12-4-6-13(17)7-5-12)15(9-19)11(2)20(10)3/h4-7H,1-3H3/q+1. The molecule has 0 radical (unpaired) electrons. The zero-order valence-corrected chi connectivity index (χ0v) is 12.3. The lowest BCUT2D eigenvalue weighted by Gasteiger charge is -2.10. The Morgan fingerprint density at radius 1 is 0.950 bits per heavy atom. The smallest absolute Gasteiger partial charge is 0.196 e. The van der Waals surface area contributed by atoms with Crippen molar-refractivity contribution >= 4 is 11.6 Å². The minimum atomic E-state index is 0.525. The van der Waals surface area contributed by atoms with Crippen LogP contribution < -0.4 is 4.57 Å². The lowest BCUT2D eigenvalue weighted by Crippen LogP contribution is -2.38. The molecule has 2 aromatic rings. The number of benzene rings is 1. The van der Waals surface area contributed by atoms with Gasteiger partial charge in [0.1, 0.15) is 30.3 Å². The number of nitrogens with zero attached hydrogens (tertiary/aromatic N) is 3. The van der Waals surface area contributed by atoms with Crippen molar-refractivity contribution in [1.29, 1.82) is 10.5 Å². The monoisotopic (exact) mass is 282 g/mol. The van der Waals surface area contributed by atoms with Crippen LogP contribution in [0.3, 0.4) is 0 Å². The molecule has 1 aromatic carbocycles. The summed E-state index contributed by atoms with van der Waals surface area (Å²) in [6.07, 6.45) is 0. The molecule has 0 saturated carbocycles. The second kappa shape index (κ2) is 5.33. The van der Waals surface area contributed by atoms with E-state index in [1.807, 2.05) is 37.6 Å². The molecular weight excluding hydrogens is 270 g/mol. The summed E-state index contributed by atoms with van der Waals surface area (Å²) in [5.74, 6) is 0. The molecule has 1 aromatic heterocycles. The first kappa shape index (κ1) is 14.1. The summed E-state index contributed by atoms with van der Waals surface area (Å²) in [6, 6.07) is 11.6. The van der Waals surface area contributed by atoms with Gasteiger partial charge < -0.3 is 0 Å². The Labute approximate surface area is 123 Å². The van der Waals surface area contributed by atoms with E-state index in [2.05, 4.69) is 12.1 Å². The number of hydrogen-bond acceptors (Lipinski definition) is 2. The first-order valence-corrected chi connectivity index (χ1v) is 6.48. The summed E-state index contributed by atoms with van der Waals surface area (Å²) in [6.45, 7) is 3.76. The number of pyridine rings is 1. The highest BCUT2D eigenvalue weighted by atomic mass is 35.5. The Bertz CT molecular complexity index is 721. The third kappa shape index (κ3) is 2.13. The van der Waals surface area contributed by atoms with Gasteiger partial charge in [0.15, 0.2) is 11.4 Å². The third-order valence-electron chi connectivity index (χ3n) is 3.59. The van der Waals surface area contributed by atoms with Crippen LogP contribution in [0.25, 0.3) is 11.1 Å². The largest absolute Gasteiger partial charge is 0.201 e. The topological polar surface area (TPSA) is 51.5 Å². The molecule has 3 nitrogen and oxygen atoms in total. The van der Waals surface area contributed by atoms with Crippen LogP contribution in [-0.4, -0.2) is 0 Å². The Morgan fingerprint density at radius 2 is 1.40 bits per heavy atom. The molecule has 0 aliphatic heterocycles. The number of aromatic nitrogens is 1. The van der Waals surface area contributed by atoms with Crippen LogP contribution in [0.5, 0.6) is 0 Å². The summed E-state index contributed by atoms with van der Waals surface area (Å²) < 4.78 is 1.87. The summed E-state index contributed by atoms with van der Waals surface area (Å²) in [4.78, 5) is 0. The van der Waals surface area contributed by atoms with E-state index >= 15 is 0 Å². The minimum absolute atomic E-state index is 0.525. The van der Waals surface area contributed by atoms with Crippen LogP contribution in [0.2, 0.25) is 5.02 Å². The highest BCUT2D eigenvalue weighted by molar-refractivity contribution is 6.30. The van der Waals surface area contributed by atoms with Crippen LogP contribution in [-0.2, 0) is 7.05 Å². The molecule has 0 amide bonds. The highest BCUT2D eigenvalue weighted by Crippen LogP contribution is 2.30. The van der Waals surface area contributed by atoms with Crippen molar-refractivity contribution in [1.82, 2.24) is 0 Å². The van der Waals surface area contributed by atoms with Gasteiger partial charge in [0.05, 0.1) is 0 Å². The fourth-order valence-corrected chi connectivity index (χ4v) is 2.38. The number of halogens is 1. The lowest BCUT2D eigenvalue weighted by atomic mass is 9.93. The number of rotatable bonds is 1. The van der Waals surface area contributed by atoms with Gasteiger partial charge in [-0.15, -0.1) is 0 Å². The van der Waals surface area contributed by atoms with Crippen molar-refractivity contribution in [3.63, 3.8) is 0 Å². The predicted molar refractivity (Wildman–Crippen MR) is 77.0 cm³/mol. The molecule has 0 aliphatic rings. The molecule has 4 heteroatoms. The summed E-state index contributed by atoms with van der Waals surface area (Å²) >= 11 is 5.90. The van der Waals surface area contributed by atoms with Gasteiger partial charge in [-0.1, -0.05) is 23.7 Å². The fraction of sp³-hybridized carbons (Fsp3) is 0.188. The van der Waals surface area contributed by atoms with Gasteiger partial charge in [-0.05, 0) is 17.7 Å². The third-order valence-corrected chi connectivity index (χ3v) is 3.84. The van der Waals surface area contributed by atoms with Crippen LogP contribution >= 0.6 is 11.6 Å². The second-order valence-corrected chi connectivity index (χ2v) is 5.02. The number of hydrogen-bond donors (Lipinski definition) is 0. The molecule has 0 atom stereocenters. The minimum Gasteiger partial charge on any atom is -0.201 e. The van der Waals surface area contributed by atoms with E-state index in [1.165, 1.54) is 0 Å². The van der Waals surface area contributed by atoms with Gasteiger partial charge in [-0.2, -0.15) is 10.5 Å². The second-order valence-electron chi connectivity index (χ2n) is 4.59. The van der Waals surface area contributed by atoms with Gasteiger partial charge >= 0.3 is 0 Å². The van der Waals surface area contributed by atoms with Crippen molar-refractivity contribution in [3.8, 4) is 23.3 Å². The molecule has 0 N–H and O–H groups in total. The molecule has 0 aliphatic carbocycles. The van der Waals surface area contributed by atoms with Crippen LogP contribution in [0, 0.1) is 36.5 Å². The molecule has 0 bridgehead atoms. The predicted octanol–water partition coefficient (Wildman–Crippen LogP) is 3.19. The van der Waals surface area contributed by atoms with Crippen molar-refractivity contribution in [2.24, 2.45) is 7.05 Å². The van der Waals surface area contributed by atoms with E-state index in [0.29, 0.717) is 21.7 Å². The molecule has 1 heterocycles. The molecule has 0 fully saturated rings. The van der Waals surface area contributed by atoms with Gasteiger partial charge in [0.2, 0.25) is 0 Å². The average molecular weight is 283 g/mol. The van der Waals surface area contributed by atoms with E-state index in [0.717, 1.165) is 17.0 Å². The highest BCUT2D eigenvalue weighted by Gasteiger charge is 2.24. The summed E-state index contributed by atoms with van der Waals surface area (Å²) in [5, 5.41) is 19.5. The normalized spacial score (nSPS) is 9.90. The molecular formula is C16H13ClN3+. The SMILES string of the molecule is Cc1c(C#N)c(-c2ccc(Cl)cc2)c(C#N)c(C)[n+]1C. The van der Waals surface area contributed by atoms with E-state index in [1.54, 1.807) is 12.1 Å². The van der Waals surface area contributed by atoms with Crippen LogP contribution in [0.4, 0.5) is 0 Å². The van der Waals surface area contributed by atoms with Gasteiger partial charge in [0.25, 0.3) is 0 Å². The summed E-state index contributed by atoms with van der Waals surface area (Å²) in [5.41, 5.74) is 4.24. The maximum Gasteiger partial charge on any atom is 0.196 e. The first-order valence-electron chi connectivity index (χ1n) is 6.10. The maximum atomic E-state index is 9.45.